The molecule has 138 valence electrons. The molecule has 1 aromatic carbocycles. The van der Waals surface area contributed by atoms with Crippen molar-refractivity contribution in [2.24, 2.45) is 5.73 Å². The second-order valence-electron chi connectivity index (χ2n) is 5.93. The monoisotopic (exact) mass is 356 g/mol. The number of amides is 2. The topological polar surface area (TPSA) is 117 Å². The molecule has 0 aliphatic carbocycles. The average molecular weight is 356 g/mol. The van der Waals surface area contributed by atoms with E-state index < -0.39 is 5.91 Å². The van der Waals surface area contributed by atoms with Crippen molar-refractivity contribution in [1.29, 1.82) is 0 Å². The van der Waals surface area contributed by atoms with Crippen LogP contribution >= 0.6 is 0 Å². The smallest absolute Gasteiger partial charge is 0.272 e. The summed E-state index contributed by atoms with van der Waals surface area (Å²) in [6.07, 6.45) is 0.542. The van der Waals surface area contributed by atoms with E-state index in [-0.39, 0.29) is 11.7 Å². The molecule has 0 saturated heterocycles. The Kier molecular flexibility index (Phi) is 6.30. The van der Waals surface area contributed by atoms with Crippen LogP contribution in [-0.4, -0.2) is 35.7 Å². The molecule has 0 unspecified atom stereocenters. The Bertz CT molecular complexity index is 839. The number of aromatic amines is 1. The van der Waals surface area contributed by atoms with Crippen molar-refractivity contribution in [1.82, 2.24) is 10.3 Å². The van der Waals surface area contributed by atoms with Crippen LogP contribution in [0.15, 0.2) is 24.3 Å². The van der Waals surface area contributed by atoms with E-state index in [2.05, 4.69) is 15.6 Å². The van der Waals surface area contributed by atoms with E-state index in [9.17, 15) is 14.4 Å². The largest absolute Gasteiger partial charge is 0.354 e. The lowest BCUT2D eigenvalue weighted by molar-refractivity contribution is 0.0954. The van der Waals surface area contributed by atoms with Crippen molar-refractivity contribution in [2.45, 2.75) is 27.2 Å². The second kappa shape index (κ2) is 8.44. The normalized spacial score (nSPS) is 10.5. The molecule has 0 spiro atoms. The fourth-order valence-electron chi connectivity index (χ4n) is 2.96. The van der Waals surface area contributed by atoms with Gasteiger partial charge in [0.1, 0.15) is 5.69 Å². The van der Waals surface area contributed by atoms with Crippen LogP contribution in [0.4, 0.5) is 5.69 Å². The predicted molar refractivity (Wildman–Crippen MR) is 101 cm³/mol. The molecular formula is C19H24N4O3. The summed E-state index contributed by atoms with van der Waals surface area (Å²) in [6.45, 7) is 5.81. The highest BCUT2D eigenvalue weighted by Gasteiger charge is 2.22. The number of carbonyl (C=O) groups excluding carboxylic acids is 3. The summed E-state index contributed by atoms with van der Waals surface area (Å²) >= 11 is 0. The third-order valence-electron chi connectivity index (χ3n) is 4.07. The van der Waals surface area contributed by atoms with E-state index in [0.29, 0.717) is 53.3 Å². The van der Waals surface area contributed by atoms with Crippen molar-refractivity contribution in [3.8, 4) is 0 Å². The van der Waals surface area contributed by atoms with Gasteiger partial charge in [0.05, 0.1) is 11.3 Å². The third-order valence-corrected chi connectivity index (χ3v) is 4.07. The molecule has 2 amide bonds. The fraction of sp³-hybridized carbons (Fsp3) is 0.316. The zero-order valence-corrected chi connectivity index (χ0v) is 15.2. The maximum Gasteiger partial charge on any atom is 0.272 e. The number of anilines is 1. The van der Waals surface area contributed by atoms with Gasteiger partial charge < -0.3 is 21.4 Å². The number of aryl methyl sites for hydroxylation is 1. The van der Waals surface area contributed by atoms with Gasteiger partial charge in [0, 0.05) is 24.3 Å². The molecule has 7 nitrogen and oxygen atoms in total. The van der Waals surface area contributed by atoms with Crippen molar-refractivity contribution >= 4 is 23.3 Å². The number of aromatic nitrogens is 1. The third kappa shape index (κ3) is 4.00. The first kappa shape index (κ1) is 19.4. The van der Waals surface area contributed by atoms with E-state index in [0.717, 1.165) is 0 Å². The van der Waals surface area contributed by atoms with Crippen LogP contribution < -0.4 is 16.4 Å². The fourth-order valence-corrected chi connectivity index (χ4v) is 2.96. The lowest BCUT2D eigenvalue weighted by atomic mass is 10.0. The summed E-state index contributed by atoms with van der Waals surface area (Å²) in [5.41, 5.74) is 8.38. The van der Waals surface area contributed by atoms with Gasteiger partial charge in [-0.1, -0.05) is 19.1 Å². The molecular weight excluding hydrogens is 332 g/mol. The summed E-state index contributed by atoms with van der Waals surface area (Å²) in [7, 11) is 0. The van der Waals surface area contributed by atoms with Gasteiger partial charge in [0.2, 0.25) is 0 Å². The van der Waals surface area contributed by atoms with Gasteiger partial charge in [-0.3, -0.25) is 14.4 Å². The van der Waals surface area contributed by atoms with Crippen molar-refractivity contribution in [3.63, 3.8) is 0 Å². The maximum absolute atomic E-state index is 12.8. The first-order valence-electron chi connectivity index (χ1n) is 8.51. The molecule has 5 N–H and O–H groups in total. The summed E-state index contributed by atoms with van der Waals surface area (Å²) in [4.78, 5) is 39.9. The number of H-pyrrole nitrogens is 1. The Morgan fingerprint density at radius 1 is 1.15 bits per heavy atom. The highest BCUT2D eigenvalue weighted by atomic mass is 16.2. The summed E-state index contributed by atoms with van der Waals surface area (Å²) in [5, 5.41) is 5.45. The molecule has 0 bridgehead atoms. The number of nitrogens with one attached hydrogen (secondary N) is 3. The Balaban J connectivity index is 2.33. The van der Waals surface area contributed by atoms with Crippen LogP contribution in [0, 0.1) is 6.92 Å². The molecule has 1 heterocycles. The van der Waals surface area contributed by atoms with Crippen molar-refractivity contribution < 1.29 is 14.4 Å². The standard InChI is InChI=1S/C19H24N4O3/c1-4-13-16(12(3)24)11(2)22-17(13)19(26)23-15-8-6-5-7-14(15)18(25)21-10-9-20/h5-8,22H,4,9-10,20H2,1-3H3,(H,21,25)(H,23,26). The van der Waals surface area contributed by atoms with Gasteiger partial charge in [0.25, 0.3) is 11.8 Å². The minimum Gasteiger partial charge on any atom is -0.354 e. The molecule has 2 rings (SSSR count). The number of nitrogens with two attached hydrogens (primary N) is 1. The van der Waals surface area contributed by atoms with Crippen molar-refractivity contribution in [3.05, 3.63) is 52.3 Å². The molecule has 0 aliphatic heterocycles. The van der Waals surface area contributed by atoms with E-state index in [1.54, 1.807) is 31.2 Å². The first-order valence-corrected chi connectivity index (χ1v) is 8.51. The Hall–Kier alpha value is -2.93. The Labute approximate surface area is 152 Å². The van der Waals surface area contributed by atoms with Gasteiger partial charge in [-0.15, -0.1) is 0 Å². The van der Waals surface area contributed by atoms with E-state index in [4.69, 9.17) is 5.73 Å². The van der Waals surface area contributed by atoms with Crippen LogP contribution in [-0.2, 0) is 6.42 Å². The zero-order chi connectivity index (χ0) is 19.3. The summed E-state index contributed by atoms with van der Waals surface area (Å²) < 4.78 is 0. The van der Waals surface area contributed by atoms with Crippen LogP contribution in [0.2, 0.25) is 0 Å². The number of Topliss-reactive ketones (excluding diaryl/α,β-unsaturated/α-hetero) is 1. The number of hydrogen-bond acceptors (Lipinski definition) is 4. The van der Waals surface area contributed by atoms with Crippen LogP contribution in [0.3, 0.4) is 0 Å². The van der Waals surface area contributed by atoms with Crippen LogP contribution in [0.5, 0.6) is 0 Å². The SMILES string of the molecule is CCc1c(C(=O)Nc2ccccc2C(=O)NCCN)[nH]c(C)c1C(C)=O. The molecule has 0 saturated carbocycles. The first-order chi connectivity index (χ1) is 12.4. The van der Waals surface area contributed by atoms with Gasteiger partial charge in [-0.25, -0.2) is 0 Å². The number of rotatable bonds is 7. The maximum atomic E-state index is 12.8. The molecule has 0 radical (unpaired) electrons. The quantitative estimate of drug-likeness (QED) is 0.568. The number of benzene rings is 1. The van der Waals surface area contributed by atoms with E-state index in [1.807, 2.05) is 6.92 Å². The minimum absolute atomic E-state index is 0.0868. The van der Waals surface area contributed by atoms with Gasteiger partial charge in [-0.2, -0.15) is 0 Å². The molecule has 0 aliphatic rings. The van der Waals surface area contributed by atoms with Crippen LogP contribution in [0.1, 0.15) is 56.3 Å². The molecule has 0 atom stereocenters. The predicted octanol–water partition coefficient (Wildman–Crippen LogP) is 2.03. The minimum atomic E-state index is -0.392. The number of carbonyl (C=O) groups is 3. The molecule has 0 fully saturated rings. The Morgan fingerprint density at radius 3 is 2.46 bits per heavy atom. The summed E-state index contributed by atoms with van der Waals surface area (Å²) in [5.74, 6) is -0.790. The second-order valence-corrected chi connectivity index (χ2v) is 5.93. The van der Waals surface area contributed by atoms with E-state index in [1.165, 1.54) is 6.92 Å². The highest BCUT2D eigenvalue weighted by Crippen LogP contribution is 2.22. The van der Waals surface area contributed by atoms with Gasteiger partial charge in [-0.05, 0) is 38.0 Å². The number of ketones is 1. The molecule has 1 aromatic heterocycles. The van der Waals surface area contributed by atoms with Gasteiger partial charge >= 0.3 is 0 Å². The Morgan fingerprint density at radius 2 is 1.85 bits per heavy atom. The highest BCUT2D eigenvalue weighted by molar-refractivity contribution is 6.10. The number of para-hydroxylation sites is 1. The summed E-state index contributed by atoms with van der Waals surface area (Å²) in [6, 6.07) is 6.74. The zero-order valence-electron chi connectivity index (χ0n) is 15.2. The van der Waals surface area contributed by atoms with Crippen molar-refractivity contribution in [2.75, 3.05) is 18.4 Å². The number of hydrogen-bond donors (Lipinski definition) is 4. The van der Waals surface area contributed by atoms with Gasteiger partial charge in [0.15, 0.2) is 5.78 Å². The lowest BCUT2D eigenvalue weighted by Crippen LogP contribution is -2.30. The lowest BCUT2D eigenvalue weighted by Gasteiger charge is -2.11. The molecule has 26 heavy (non-hydrogen) atoms. The molecule has 2 aromatic rings. The average Bonchev–Trinajstić information content (AvgIpc) is 2.96. The van der Waals surface area contributed by atoms with E-state index >= 15 is 0 Å². The van der Waals surface area contributed by atoms with Crippen LogP contribution in [0.25, 0.3) is 0 Å². The molecule has 7 heteroatoms.